The summed E-state index contributed by atoms with van der Waals surface area (Å²) < 4.78 is 0. The first-order valence-corrected chi connectivity index (χ1v) is 6.96. The fraction of sp³-hybridized carbons (Fsp3) is 0.583. The summed E-state index contributed by atoms with van der Waals surface area (Å²) in [4.78, 5) is 17.4. The molecule has 0 aromatic carbocycles. The molecule has 0 spiro atoms. The van der Waals surface area contributed by atoms with Crippen molar-refractivity contribution >= 4 is 17.4 Å². The quantitative estimate of drug-likeness (QED) is 0.888. The Morgan fingerprint density at radius 2 is 2.29 bits per heavy atom. The first-order valence-electron chi connectivity index (χ1n) is 6.08. The number of rotatable bonds is 3. The Hall–Kier alpha value is -1.07. The Morgan fingerprint density at radius 3 is 2.88 bits per heavy atom. The number of nitrogens with zero attached hydrogens (tertiary/aromatic N) is 2. The van der Waals surface area contributed by atoms with Crippen LogP contribution >= 0.6 is 11.3 Å². The molecule has 0 atom stereocenters. The number of piperazine rings is 1. The molecule has 0 unspecified atom stereocenters. The maximum atomic E-state index is 12.3. The Balaban J connectivity index is 1.94. The summed E-state index contributed by atoms with van der Waals surface area (Å²) in [5.41, 5.74) is 0. The van der Waals surface area contributed by atoms with E-state index < -0.39 is 0 Å². The van der Waals surface area contributed by atoms with E-state index in [9.17, 15) is 4.79 Å². The zero-order valence-corrected chi connectivity index (χ0v) is 11.0. The van der Waals surface area contributed by atoms with Gasteiger partial charge in [-0.05, 0) is 18.4 Å². The van der Waals surface area contributed by atoms with Crippen molar-refractivity contribution in [1.29, 1.82) is 0 Å². The standard InChI is InChI=1S/C12H19N3OS/c1-2-14(10-11-4-3-9-17-11)12(16)15-7-5-13-6-8-15/h3-4,9,13H,2,5-8,10H2,1H3. The van der Waals surface area contributed by atoms with Gasteiger partial charge in [0.15, 0.2) is 0 Å². The molecule has 0 aliphatic carbocycles. The SMILES string of the molecule is CCN(Cc1cccs1)C(=O)N1CCNCC1. The lowest BCUT2D eigenvalue weighted by atomic mass is 10.3. The number of hydrogen-bond donors (Lipinski definition) is 1. The molecule has 1 aromatic rings. The van der Waals surface area contributed by atoms with Gasteiger partial charge in [-0.25, -0.2) is 4.79 Å². The first kappa shape index (κ1) is 12.4. The van der Waals surface area contributed by atoms with Gasteiger partial charge in [-0.1, -0.05) is 6.07 Å². The zero-order chi connectivity index (χ0) is 12.1. The summed E-state index contributed by atoms with van der Waals surface area (Å²) in [6.45, 7) is 6.98. The molecule has 0 radical (unpaired) electrons. The van der Waals surface area contributed by atoms with Crippen LogP contribution in [0.15, 0.2) is 17.5 Å². The van der Waals surface area contributed by atoms with Gasteiger partial charge >= 0.3 is 6.03 Å². The Morgan fingerprint density at radius 1 is 1.53 bits per heavy atom. The second-order valence-electron chi connectivity index (χ2n) is 4.11. The molecule has 5 heteroatoms. The number of thiophene rings is 1. The van der Waals surface area contributed by atoms with E-state index in [0.717, 1.165) is 39.3 Å². The largest absolute Gasteiger partial charge is 0.322 e. The van der Waals surface area contributed by atoms with Gasteiger partial charge in [0.2, 0.25) is 0 Å². The van der Waals surface area contributed by atoms with Crippen LogP contribution in [0.2, 0.25) is 0 Å². The van der Waals surface area contributed by atoms with Crippen LogP contribution in [0.3, 0.4) is 0 Å². The molecule has 0 saturated carbocycles. The van der Waals surface area contributed by atoms with Crippen LogP contribution in [0.4, 0.5) is 4.79 Å². The minimum atomic E-state index is 0.169. The summed E-state index contributed by atoms with van der Waals surface area (Å²) in [7, 11) is 0. The lowest BCUT2D eigenvalue weighted by Crippen LogP contribution is -2.51. The van der Waals surface area contributed by atoms with E-state index in [4.69, 9.17) is 0 Å². The summed E-state index contributed by atoms with van der Waals surface area (Å²) >= 11 is 1.71. The normalized spacial score (nSPS) is 15.9. The highest BCUT2D eigenvalue weighted by atomic mass is 32.1. The molecule has 1 aliphatic heterocycles. The van der Waals surface area contributed by atoms with Crippen LogP contribution in [-0.4, -0.2) is 48.6 Å². The minimum Gasteiger partial charge on any atom is -0.322 e. The third-order valence-electron chi connectivity index (χ3n) is 2.97. The van der Waals surface area contributed by atoms with E-state index >= 15 is 0 Å². The number of nitrogens with one attached hydrogen (secondary N) is 1. The van der Waals surface area contributed by atoms with E-state index in [1.54, 1.807) is 11.3 Å². The van der Waals surface area contributed by atoms with Gasteiger partial charge in [0.1, 0.15) is 0 Å². The monoisotopic (exact) mass is 253 g/mol. The Labute approximate surface area is 106 Å². The van der Waals surface area contributed by atoms with Crippen molar-refractivity contribution in [2.45, 2.75) is 13.5 Å². The summed E-state index contributed by atoms with van der Waals surface area (Å²) in [6, 6.07) is 4.28. The number of carbonyl (C=O) groups is 1. The number of amides is 2. The second kappa shape index (κ2) is 6.02. The fourth-order valence-corrected chi connectivity index (χ4v) is 2.68. The minimum absolute atomic E-state index is 0.169. The van der Waals surface area contributed by atoms with E-state index in [1.165, 1.54) is 4.88 Å². The van der Waals surface area contributed by atoms with E-state index in [1.807, 2.05) is 22.8 Å². The molecule has 1 aromatic heterocycles. The Kier molecular flexibility index (Phi) is 4.39. The predicted molar refractivity (Wildman–Crippen MR) is 70.2 cm³/mol. The predicted octanol–water partition coefficient (Wildman–Crippen LogP) is 1.60. The van der Waals surface area contributed by atoms with Gasteiger partial charge in [0.25, 0.3) is 0 Å². The van der Waals surface area contributed by atoms with Crippen molar-refractivity contribution in [3.05, 3.63) is 22.4 Å². The summed E-state index contributed by atoms with van der Waals surface area (Å²) in [6.07, 6.45) is 0. The third-order valence-corrected chi connectivity index (χ3v) is 3.83. The smallest absolute Gasteiger partial charge is 0.320 e. The van der Waals surface area contributed by atoms with Gasteiger partial charge in [0, 0.05) is 37.6 Å². The molecule has 2 rings (SSSR count). The van der Waals surface area contributed by atoms with Crippen molar-refractivity contribution in [3.8, 4) is 0 Å². The molecular formula is C12H19N3OS. The van der Waals surface area contributed by atoms with Crippen molar-refractivity contribution in [2.75, 3.05) is 32.7 Å². The van der Waals surface area contributed by atoms with Crippen LogP contribution in [-0.2, 0) is 6.54 Å². The number of carbonyl (C=O) groups excluding carboxylic acids is 1. The third kappa shape index (κ3) is 3.20. The van der Waals surface area contributed by atoms with Crippen LogP contribution in [0.5, 0.6) is 0 Å². The highest BCUT2D eigenvalue weighted by Crippen LogP contribution is 2.13. The van der Waals surface area contributed by atoms with Crippen LogP contribution < -0.4 is 5.32 Å². The molecule has 4 nitrogen and oxygen atoms in total. The molecular weight excluding hydrogens is 234 g/mol. The highest BCUT2D eigenvalue weighted by Gasteiger charge is 2.21. The second-order valence-corrected chi connectivity index (χ2v) is 5.15. The molecule has 94 valence electrons. The molecule has 1 saturated heterocycles. The molecule has 2 heterocycles. The van der Waals surface area contributed by atoms with Crippen molar-refractivity contribution < 1.29 is 4.79 Å². The summed E-state index contributed by atoms with van der Waals surface area (Å²) in [5, 5.41) is 5.32. The maximum absolute atomic E-state index is 12.3. The first-order chi connectivity index (χ1) is 8.31. The maximum Gasteiger partial charge on any atom is 0.320 e. The Bertz CT molecular complexity index is 347. The number of hydrogen-bond acceptors (Lipinski definition) is 3. The van der Waals surface area contributed by atoms with Crippen LogP contribution in [0.1, 0.15) is 11.8 Å². The zero-order valence-electron chi connectivity index (χ0n) is 10.2. The van der Waals surface area contributed by atoms with E-state index in [0.29, 0.717) is 0 Å². The van der Waals surface area contributed by atoms with Crippen LogP contribution in [0.25, 0.3) is 0 Å². The van der Waals surface area contributed by atoms with Gasteiger partial charge < -0.3 is 15.1 Å². The van der Waals surface area contributed by atoms with Crippen molar-refractivity contribution in [2.24, 2.45) is 0 Å². The van der Waals surface area contributed by atoms with Crippen molar-refractivity contribution in [1.82, 2.24) is 15.1 Å². The van der Waals surface area contributed by atoms with Gasteiger partial charge in [0.05, 0.1) is 6.54 Å². The van der Waals surface area contributed by atoms with Gasteiger partial charge in [-0.2, -0.15) is 0 Å². The fourth-order valence-electron chi connectivity index (χ4n) is 1.96. The highest BCUT2D eigenvalue weighted by molar-refractivity contribution is 7.09. The molecule has 1 aliphatic rings. The topological polar surface area (TPSA) is 35.6 Å². The van der Waals surface area contributed by atoms with Gasteiger partial charge in [-0.3, -0.25) is 0 Å². The molecule has 17 heavy (non-hydrogen) atoms. The molecule has 0 bridgehead atoms. The van der Waals surface area contributed by atoms with E-state index in [-0.39, 0.29) is 6.03 Å². The van der Waals surface area contributed by atoms with E-state index in [2.05, 4.69) is 16.8 Å². The lowest BCUT2D eigenvalue weighted by molar-refractivity contribution is 0.147. The van der Waals surface area contributed by atoms with Crippen LogP contribution in [0, 0.1) is 0 Å². The number of urea groups is 1. The molecule has 2 amide bonds. The van der Waals surface area contributed by atoms with Gasteiger partial charge in [-0.15, -0.1) is 11.3 Å². The molecule has 1 fully saturated rings. The average Bonchev–Trinajstić information content (AvgIpc) is 2.89. The van der Waals surface area contributed by atoms with Crippen molar-refractivity contribution in [3.63, 3.8) is 0 Å². The average molecular weight is 253 g/mol. The summed E-state index contributed by atoms with van der Waals surface area (Å²) in [5.74, 6) is 0. The lowest BCUT2D eigenvalue weighted by Gasteiger charge is -2.32. The molecule has 1 N–H and O–H groups in total.